The molecule has 0 heterocycles. The smallest absolute Gasteiger partial charge is 0.338 e. The maximum Gasteiger partial charge on any atom is 0.338 e. The van der Waals surface area contributed by atoms with Crippen LogP contribution in [0.1, 0.15) is 17.3 Å². The molecule has 0 aromatic heterocycles. The highest BCUT2D eigenvalue weighted by molar-refractivity contribution is 9.10. The van der Waals surface area contributed by atoms with E-state index in [1.807, 2.05) is 6.07 Å². The molecule has 0 aliphatic rings. The zero-order chi connectivity index (χ0) is 17.5. The van der Waals surface area contributed by atoms with Crippen molar-refractivity contribution in [1.82, 2.24) is 0 Å². The third-order valence-electron chi connectivity index (χ3n) is 2.86. The van der Waals surface area contributed by atoms with E-state index in [-0.39, 0.29) is 11.5 Å². The van der Waals surface area contributed by atoms with Crippen LogP contribution in [0.15, 0.2) is 53.0 Å². The van der Waals surface area contributed by atoms with E-state index in [0.717, 1.165) is 4.47 Å². The van der Waals surface area contributed by atoms with Crippen LogP contribution >= 0.6 is 15.9 Å². The molecule has 2 aromatic rings. The number of amides is 2. The minimum absolute atomic E-state index is 0.242. The van der Waals surface area contributed by atoms with Crippen molar-refractivity contribution in [3.05, 3.63) is 58.6 Å². The molecule has 7 heteroatoms. The molecule has 0 spiro atoms. The van der Waals surface area contributed by atoms with Crippen LogP contribution in [0.5, 0.6) is 0 Å². The van der Waals surface area contributed by atoms with Crippen LogP contribution in [0.2, 0.25) is 0 Å². The summed E-state index contributed by atoms with van der Waals surface area (Å²) in [7, 11) is 0. The molecule has 0 unspecified atom stereocenters. The number of hydrogen-bond donors (Lipinski definition) is 2. The number of rotatable bonds is 5. The van der Waals surface area contributed by atoms with Gasteiger partial charge in [-0.05, 0) is 36.4 Å². The molecule has 0 bridgehead atoms. The van der Waals surface area contributed by atoms with Gasteiger partial charge in [0.2, 0.25) is 5.91 Å². The van der Waals surface area contributed by atoms with Gasteiger partial charge in [-0.25, -0.2) is 4.79 Å². The predicted molar refractivity (Wildman–Crippen MR) is 93.8 cm³/mol. The van der Waals surface area contributed by atoms with Gasteiger partial charge in [-0.1, -0.05) is 28.1 Å². The highest BCUT2D eigenvalue weighted by Gasteiger charge is 2.11. The Kier molecular flexibility index (Phi) is 6.08. The van der Waals surface area contributed by atoms with Crippen LogP contribution in [-0.4, -0.2) is 24.4 Å². The first-order valence-corrected chi connectivity index (χ1v) is 7.83. The van der Waals surface area contributed by atoms with Crippen molar-refractivity contribution in [3.8, 4) is 0 Å². The van der Waals surface area contributed by atoms with Gasteiger partial charge in [-0.15, -0.1) is 0 Å². The third-order valence-corrected chi connectivity index (χ3v) is 3.35. The summed E-state index contributed by atoms with van der Waals surface area (Å²) in [4.78, 5) is 34.8. The SMILES string of the molecule is CC(=O)Nc1cccc(C(=O)OCC(=O)Nc2cccc(Br)c2)c1. The molecule has 2 N–H and O–H groups in total. The number of nitrogens with one attached hydrogen (secondary N) is 2. The standard InChI is InChI=1S/C17H15BrN2O4/c1-11(21)19-14-6-2-4-12(8-14)17(23)24-10-16(22)20-15-7-3-5-13(18)9-15/h2-9H,10H2,1H3,(H,19,21)(H,20,22). The summed E-state index contributed by atoms with van der Waals surface area (Å²) in [6, 6.07) is 13.4. The number of halogens is 1. The van der Waals surface area contributed by atoms with E-state index in [1.165, 1.54) is 13.0 Å². The van der Waals surface area contributed by atoms with Crippen molar-refractivity contribution >= 4 is 45.1 Å². The van der Waals surface area contributed by atoms with Crippen molar-refractivity contribution in [2.24, 2.45) is 0 Å². The highest BCUT2D eigenvalue weighted by Crippen LogP contribution is 2.15. The van der Waals surface area contributed by atoms with E-state index in [9.17, 15) is 14.4 Å². The molecule has 2 aromatic carbocycles. The second-order valence-electron chi connectivity index (χ2n) is 4.90. The molecule has 124 valence electrons. The Morgan fingerprint density at radius 1 is 1.00 bits per heavy atom. The summed E-state index contributed by atoms with van der Waals surface area (Å²) in [5, 5.41) is 5.20. The van der Waals surface area contributed by atoms with E-state index in [2.05, 4.69) is 26.6 Å². The second-order valence-corrected chi connectivity index (χ2v) is 5.81. The fourth-order valence-electron chi connectivity index (χ4n) is 1.90. The van der Waals surface area contributed by atoms with Gasteiger partial charge < -0.3 is 15.4 Å². The molecule has 2 amide bonds. The second kappa shape index (κ2) is 8.26. The predicted octanol–water partition coefficient (Wildman–Crippen LogP) is 3.20. The molecule has 24 heavy (non-hydrogen) atoms. The number of carbonyl (C=O) groups is 3. The van der Waals surface area contributed by atoms with Crippen molar-refractivity contribution in [2.45, 2.75) is 6.92 Å². The average Bonchev–Trinajstić information content (AvgIpc) is 2.52. The van der Waals surface area contributed by atoms with Gasteiger partial charge in [0.1, 0.15) is 0 Å². The summed E-state index contributed by atoms with van der Waals surface area (Å²) in [5.74, 6) is -1.33. The molecule has 0 radical (unpaired) electrons. The topological polar surface area (TPSA) is 84.5 Å². The molecule has 0 saturated heterocycles. The van der Waals surface area contributed by atoms with Crippen LogP contribution < -0.4 is 10.6 Å². The largest absolute Gasteiger partial charge is 0.452 e. The van der Waals surface area contributed by atoms with Crippen molar-refractivity contribution in [2.75, 3.05) is 17.2 Å². The zero-order valence-electron chi connectivity index (χ0n) is 12.8. The summed E-state index contributed by atoms with van der Waals surface area (Å²) in [6.07, 6.45) is 0. The molecule has 0 aliphatic heterocycles. The van der Waals surface area contributed by atoms with Gasteiger partial charge in [0.25, 0.3) is 5.91 Å². The monoisotopic (exact) mass is 390 g/mol. The first-order chi connectivity index (χ1) is 11.4. The van der Waals surface area contributed by atoms with Gasteiger partial charge >= 0.3 is 5.97 Å². The summed E-state index contributed by atoms with van der Waals surface area (Å²) >= 11 is 3.30. The third kappa shape index (κ3) is 5.51. The number of carbonyl (C=O) groups excluding carboxylic acids is 3. The minimum atomic E-state index is -0.647. The lowest BCUT2D eigenvalue weighted by molar-refractivity contribution is -0.119. The van der Waals surface area contributed by atoms with Crippen molar-refractivity contribution < 1.29 is 19.1 Å². The molecule has 6 nitrogen and oxygen atoms in total. The number of hydrogen-bond acceptors (Lipinski definition) is 4. The van der Waals surface area contributed by atoms with Gasteiger partial charge in [0.15, 0.2) is 6.61 Å². The van der Waals surface area contributed by atoms with E-state index in [0.29, 0.717) is 11.4 Å². The number of anilines is 2. The van der Waals surface area contributed by atoms with Gasteiger partial charge in [-0.3, -0.25) is 9.59 Å². The van der Waals surface area contributed by atoms with Crippen LogP contribution in [0.25, 0.3) is 0 Å². The van der Waals surface area contributed by atoms with Gasteiger partial charge in [0, 0.05) is 22.8 Å². The maximum atomic E-state index is 12.0. The molecular formula is C17H15BrN2O4. The Hall–Kier alpha value is -2.67. The fourth-order valence-corrected chi connectivity index (χ4v) is 2.30. The van der Waals surface area contributed by atoms with E-state index >= 15 is 0 Å². The number of benzene rings is 2. The van der Waals surface area contributed by atoms with Crippen molar-refractivity contribution in [3.63, 3.8) is 0 Å². The number of ether oxygens (including phenoxy) is 1. The average molecular weight is 391 g/mol. The normalized spacial score (nSPS) is 9.92. The number of esters is 1. The Balaban J connectivity index is 1.90. The Morgan fingerprint density at radius 3 is 2.33 bits per heavy atom. The summed E-state index contributed by atoms with van der Waals surface area (Å²) in [6.45, 7) is 0.965. The molecule has 0 fully saturated rings. The lowest BCUT2D eigenvalue weighted by Crippen LogP contribution is -2.21. The Bertz CT molecular complexity index is 777. The maximum absolute atomic E-state index is 12.0. The fraction of sp³-hybridized carbons (Fsp3) is 0.118. The quantitative estimate of drug-likeness (QED) is 0.767. The van der Waals surface area contributed by atoms with Crippen LogP contribution in [0.3, 0.4) is 0 Å². The van der Waals surface area contributed by atoms with Crippen molar-refractivity contribution in [1.29, 1.82) is 0 Å². The highest BCUT2D eigenvalue weighted by atomic mass is 79.9. The molecule has 0 atom stereocenters. The van der Waals surface area contributed by atoms with Crippen LogP contribution in [0, 0.1) is 0 Å². The molecule has 0 aliphatic carbocycles. The van der Waals surface area contributed by atoms with Gasteiger partial charge in [0.05, 0.1) is 5.56 Å². The first kappa shape index (κ1) is 17.7. The molecular weight excluding hydrogens is 376 g/mol. The summed E-state index contributed by atoms with van der Waals surface area (Å²) in [5.41, 5.74) is 1.32. The van der Waals surface area contributed by atoms with E-state index in [1.54, 1.807) is 36.4 Å². The summed E-state index contributed by atoms with van der Waals surface area (Å²) < 4.78 is 5.80. The Labute approximate surface area is 147 Å². The zero-order valence-corrected chi connectivity index (χ0v) is 14.4. The van der Waals surface area contributed by atoms with Gasteiger partial charge in [-0.2, -0.15) is 0 Å². The van der Waals surface area contributed by atoms with Crippen LogP contribution in [0.4, 0.5) is 11.4 Å². The van der Waals surface area contributed by atoms with E-state index in [4.69, 9.17) is 4.74 Å². The molecule has 2 rings (SSSR count). The lowest BCUT2D eigenvalue weighted by atomic mass is 10.2. The first-order valence-electron chi connectivity index (χ1n) is 7.04. The minimum Gasteiger partial charge on any atom is -0.452 e. The lowest BCUT2D eigenvalue weighted by Gasteiger charge is -2.08. The van der Waals surface area contributed by atoms with Crippen LogP contribution in [-0.2, 0) is 14.3 Å². The van der Waals surface area contributed by atoms with E-state index < -0.39 is 18.5 Å². The Morgan fingerprint density at radius 2 is 1.67 bits per heavy atom. The molecule has 0 saturated carbocycles.